The molecule has 2 heterocycles. The summed E-state index contributed by atoms with van der Waals surface area (Å²) in [6, 6.07) is 15.6. The Morgan fingerprint density at radius 2 is 1.88 bits per heavy atom. The lowest BCUT2D eigenvalue weighted by Crippen LogP contribution is -2.28. The van der Waals surface area contributed by atoms with Crippen LogP contribution in [0.4, 0.5) is 4.39 Å². The molecule has 1 fully saturated rings. The Balaban J connectivity index is 1.30. The van der Waals surface area contributed by atoms with E-state index in [1.807, 2.05) is 6.07 Å². The first-order valence-electron chi connectivity index (χ1n) is 11.1. The third-order valence-electron chi connectivity index (χ3n) is 6.22. The van der Waals surface area contributed by atoms with Crippen molar-refractivity contribution >= 4 is 17.0 Å². The number of benzene rings is 2. The highest BCUT2D eigenvalue weighted by molar-refractivity contribution is 5.81. The molecule has 2 aromatic carbocycles. The van der Waals surface area contributed by atoms with Crippen LogP contribution in [0.15, 0.2) is 54.7 Å². The van der Waals surface area contributed by atoms with Crippen LogP contribution in [0.1, 0.15) is 31.2 Å². The Morgan fingerprint density at radius 1 is 1.09 bits per heavy atom. The number of rotatable bonds is 5. The Labute approximate surface area is 194 Å². The van der Waals surface area contributed by atoms with Crippen molar-refractivity contribution in [3.8, 4) is 34.5 Å². The molecule has 2 aromatic heterocycles. The maximum atomic E-state index is 15.0. The van der Waals surface area contributed by atoms with Crippen LogP contribution >= 0.6 is 0 Å². The number of imidazole rings is 1. The molecular weight excluding hydrogens is 435 g/mol. The standard InChI is InChI=1S/C26H21FN4O3/c27-21-12-17(4-8-20(21)25-30-22-9-1-15(13-28)11-23(22)31-25)18-5-10-24(29-14-18)34-19-6-2-16(3-7-19)26(32)33/h1,4-5,8-12,14,16,19H,2-3,6-7H2,(H,30,31)(H,32,33). The summed E-state index contributed by atoms with van der Waals surface area (Å²) in [4.78, 5) is 23.0. The van der Waals surface area contributed by atoms with Crippen LogP contribution in [0, 0.1) is 23.1 Å². The molecule has 1 aliphatic carbocycles. The van der Waals surface area contributed by atoms with Gasteiger partial charge in [0, 0.05) is 17.8 Å². The van der Waals surface area contributed by atoms with Crippen LogP contribution in [0.25, 0.3) is 33.5 Å². The number of pyridine rings is 1. The number of nitrogens with zero attached hydrogens (tertiary/aromatic N) is 3. The van der Waals surface area contributed by atoms with Crippen LogP contribution in [0.2, 0.25) is 0 Å². The number of nitrogens with one attached hydrogen (secondary N) is 1. The first kappa shape index (κ1) is 21.6. The lowest BCUT2D eigenvalue weighted by Gasteiger charge is -2.26. The number of carboxylic acids is 1. The van der Waals surface area contributed by atoms with E-state index in [9.17, 15) is 9.18 Å². The predicted molar refractivity (Wildman–Crippen MR) is 123 cm³/mol. The van der Waals surface area contributed by atoms with Crippen LogP contribution < -0.4 is 4.74 Å². The molecule has 0 atom stereocenters. The smallest absolute Gasteiger partial charge is 0.306 e. The number of aromatic nitrogens is 3. The van der Waals surface area contributed by atoms with Crippen molar-refractivity contribution in [3.05, 3.63) is 66.1 Å². The first-order chi connectivity index (χ1) is 16.5. The Hall–Kier alpha value is -4.25. The summed E-state index contributed by atoms with van der Waals surface area (Å²) in [6.07, 6.45) is 4.18. The van der Waals surface area contributed by atoms with Crippen molar-refractivity contribution in [2.45, 2.75) is 31.8 Å². The molecule has 5 rings (SSSR count). The number of carboxylic acid groups (broad SMARTS) is 1. The quantitative estimate of drug-likeness (QED) is 0.420. The number of ether oxygens (including phenoxy) is 1. The maximum Gasteiger partial charge on any atom is 0.306 e. The summed E-state index contributed by atoms with van der Waals surface area (Å²) >= 11 is 0. The minimum Gasteiger partial charge on any atom is -0.481 e. The summed E-state index contributed by atoms with van der Waals surface area (Å²) in [5.74, 6) is -0.588. The topological polar surface area (TPSA) is 112 Å². The number of carbonyl (C=O) groups is 1. The van der Waals surface area contributed by atoms with Crippen molar-refractivity contribution in [2.75, 3.05) is 0 Å². The van der Waals surface area contributed by atoms with Gasteiger partial charge in [0.15, 0.2) is 0 Å². The molecule has 8 heteroatoms. The van der Waals surface area contributed by atoms with E-state index in [4.69, 9.17) is 15.1 Å². The Kier molecular flexibility index (Phi) is 5.68. The van der Waals surface area contributed by atoms with Crippen LogP contribution in [0.5, 0.6) is 5.88 Å². The normalized spacial score (nSPS) is 17.9. The van der Waals surface area contributed by atoms with Crippen molar-refractivity contribution in [1.29, 1.82) is 5.26 Å². The molecule has 0 spiro atoms. The first-order valence-corrected chi connectivity index (χ1v) is 11.1. The molecule has 2 N–H and O–H groups in total. The van der Waals surface area contributed by atoms with Crippen LogP contribution in [-0.4, -0.2) is 32.1 Å². The lowest BCUT2D eigenvalue weighted by atomic mass is 9.87. The Morgan fingerprint density at radius 3 is 2.56 bits per heavy atom. The number of hydrogen-bond acceptors (Lipinski definition) is 5. The number of H-pyrrole nitrogens is 1. The fourth-order valence-electron chi connectivity index (χ4n) is 4.31. The third-order valence-corrected chi connectivity index (χ3v) is 6.22. The molecule has 0 unspecified atom stereocenters. The number of nitriles is 1. The molecule has 0 aliphatic heterocycles. The predicted octanol–water partition coefficient (Wildman–Crippen LogP) is 5.32. The van der Waals surface area contributed by atoms with Crippen molar-refractivity contribution in [2.24, 2.45) is 5.92 Å². The molecule has 0 bridgehead atoms. The molecule has 34 heavy (non-hydrogen) atoms. The van der Waals surface area contributed by atoms with Gasteiger partial charge in [-0.2, -0.15) is 5.26 Å². The van der Waals surface area contributed by atoms with Crippen molar-refractivity contribution in [3.63, 3.8) is 0 Å². The lowest BCUT2D eigenvalue weighted by molar-refractivity contribution is -0.143. The monoisotopic (exact) mass is 456 g/mol. The van der Waals surface area contributed by atoms with E-state index < -0.39 is 11.8 Å². The van der Waals surface area contributed by atoms with Gasteiger partial charge in [0.05, 0.1) is 34.1 Å². The molecule has 1 saturated carbocycles. The maximum absolute atomic E-state index is 15.0. The summed E-state index contributed by atoms with van der Waals surface area (Å²) in [5, 5.41) is 18.2. The molecule has 0 radical (unpaired) electrons. The van der Waals surface area contributed by atoms with Gasteiger partial charge < -0.3 is 14.8 Å². The number of aromatic amines is 1. The highest BCUT2D eigenvalue weighted by atomic mass is 19.1. The highest BCUT2D eigenvalue weighted by Crippen LogP contribution is 2.30. The zero-order valence-electron chi connectivity index (χ0n) is 18.2. The van der Waals surface area contributed by atoms with Gasteiger partial charge in [-0.1, -0.05) is 6.07 Å². The van der Waals surface area contributed by atoms with Crippen LogP contribution in [-0.2, 0) is 4.79 Å². The SMILES string of the molecule is N#Cc1ccc2nc(-c3ccc(-c4ccc(OC5CCC(C(=O)O)CC5)nc4)cc3F)[nH]c2c1. The second-order valence-electron chi connectivity index (χ2n) is 8.44. The van der Waals surface area contributed by atoms with Gasteiger partial charge in [-0.15, -0.1) is 0 Å². The number of halogens is 1. The molecule has 7 nitrogen and oxygen atoms in total. The Bertz CT molecular complexity index is 1400. The van der Waals surface area contributed by atoms with E-state index in [0.29, 0.717) is 65.1 Å². The second kappa shape index (κ2) is 8.94. The van der Waals surface area contributed by atoms with E-state index in [1.165, 1.54) is 6.07 Å². The molecule has 0 saturated heterocycles. The summed E-state index contributed by atoms with van der Waals surface area (Å²) in [7, 11) is 0. The third kappa shape index (κ3) is 4.33. The van der Waals surface area contributed by atoms with E-state index in [-0.39, 0.29) is 12.0 Å². The second-order valence-corrected chi connectivity index (χ2v) is 8.44. The van der Waals surface area contributed by atoms with Gasteiger partial charge in [-0.3, -0.25) is 4.79 Å². The van der Waals surface area contributed by atoms with E-state index in [0.717, 1.165) is 5.56 Å². The van der Waals surface area contributed by atoms with Crippen molar-refractivity contribution in [1.82, 2.24) is 15.0 Å². The number of hydrogen-bond donors (Lipinski definition) is 2. The number of aliphatic carboxylic acids is 1. The van der Waals surface area contributed by atoms with E-state index in [1.54, 1.807) is 42.6 Å². The van der Waals surface area contributed by atoms with E-state index >= 15 is 0 Å². The van der Waals surface area contributed by atoms with Gasteiger partial charge in [0.1, 0.15) is 17.7 Å². The van der Waals surface area contributed by atoms with Gasteiger partial charge in [-0.05, 0) is 67.6 Å². The largest absolute Gasteiger partial charge is 0.481 e. The molecule has 1 aliphatic rings. The van der Waals surface area contributed by atoms with Gasteiger partial charge in [-0.25, -0.2) is 14.4 Å². The molecular formula is C26H21FN4O3. The minimum absolute atomic E-state index is 0.0428. The summed E-state index contributed by atoms with van der Waals surface area (Å²) in [5.41, 5.74) is 3.60. The summed E-state index contributed by atoms with van der Waals surface area (Å²) < 4.78 is 20.9. The molecule has 4 aromatic rings. The zero-order chi connectivity index (χ0) is 23.7. The minimum atomic E-state index is -0.743. The fourth-order valence-corrected chi connectivity index (χ4v) is 4.31. The number of fused-ring (bicyclic) bond motifs is 1. The van der Waals surface area contributed by atoms with E-state index in [2.05, 4.69) is 21.0 Å². The van der Waals surface area contributed by atoms with Gasteiger partial charge >= 0.3 is 5.97 Å². The zero-order valence-corrected chi connectivity index (χ0v) is 18.2. The van der Waals surface area contributed by atoms with Gasteiger partial charge in [0.2, 0.25) is 5.88 Å². The van der Waals surface area contributed by atoms with Crippen LogP contribution in [0.3, 0.4) is 0 Å². The van der Waals surface area contributed by atoms with Crippen molar-refractivity contribution < 1.29 is 19.0 Å². The molecule has 170 valence electrons. The summed E-state index contributed by atoms with van der Waals surface area (Å²) in [6.45, 7) is 0. The fraction of sp³-hybridized carbons (Fsp3) is 0.231. The average molecular weight is 456 g/mol. The highest BCUT2D eigenvalue weighted by Gasteiger charge is 2.27. The average Bonchev–Trinajstić information content (AvgIpc) is 3.27. The van der Waals surface area contributed by atoms with Gasteiger partial charge in [0.25, 0.3) is 0 Å². The molecule has 0 amide bonds.